The molecule has 0 aliphatic carbocycles. The van der Waals surface area contributed by atoms with Crippen molar-refractivity contribution in [1.82, 2.24) is 0 Å². The molecule has 0 radical (unpaired) electrons. The molecule has 106 valence electrons. The quantitative estimate of drug-likeness (QED) is 0.727. The normalized spacial score (nSPS) is 10.9. The van der Waals surface area contributed by atoms with E-state index in [0.29, 0.717) is 18.9 Å². The summed E-state index contributed by atoms with van der Waals surface area (Å²) in [5.74, 6) is 0.387. The van der Waals surface area contributed by atoms with Gasteiger partial charge in [-0.2, -0.15) is 0 Å². The SMILES string of the molecule is CC(C)(C)OC(=O)Nc1ccc(OCCN)cc1O. The van der Waals surface area contributed by atoms with Crippen LogP contribution in [0.5, 0.6) is 11.5 Å². The number of aromatic hydroxyl groups is 1. The number of phenolic OH excluding ortho intramolecular Hbond substituents is 1. The molecule has 1 aromatic carbocycles. The number of nitrogens with one attached hydrogen (secondary N) is 1. The number of amides is 1. The molecular weight excluding hydrogens is 248 g/mol. The number of rotatable bonds is 4. The number of nitrogens with two attached hydrogens (primary N) is 1. The lowest BCUT2D eigenvalue weighted by atomic mass is 10.2. The first kappa shape index (κ1) is 15.1. The van der Waals surface area contributed by atoms with Crippen molar-refractivity contribution in [2.45, 2.75) is 26.4 Å². The van der Waals surface area contributed by atoms with Crippen molar-refractivity contribution < 1.29 is 19.4 Å². The Kier molecular flexibility index (Phi) is 5.00. The van der Waals surface area contributed by atoms with E-state index in [1.165, 1.54) is 12.1 Å². The van der Waals surface area contributed by atoms with Gasteiger partial charge in [-0.3, -0.25) is 5.32 Å². The van der Waals surface area contributed by atoms with Crippen LogP contribution in [0.2, 0.25) is 0 Å². The van der Waals surface area contributed by atoms with Crippen LogP contribution in [0.1, 0.15) is 20.8 Å². The van der Waals surface area contributed by atoms with E-state index in [1.54, 1.807) is 26.8 Å². The number of ether oxygens (including phenoxy) is 2. The lowest BCUT2D eigenvalue weighted by Gasteiger charge is -2.20. The Hall–Kier alpha value is -1.95. The third kappa shape index (κ3) is 5.48. The minimum absolute atomic E-state index is 0.0969. The molecule has 0 aliphatic heterocycles. The highest BCUT2D eigenvalue weighted by atomic mass is 16.6. The first-order valence-corrected chi connectivity index (χ1v) is 5.98. The van der Waals surface area contributed by atoms with E-state index in [9.17, 15) is 9.90 Å². The summed E-state index contributed by atoms with van der Waals surface area (Å²) < 4.78 is 10.3. The van der Waals surface area contributed by atoms with E-state index in [4.69, 9.17) is 15.2 Å². The van der Waals surface area contributed by atoms with Crippen LogP contribution >= 0.6 is 0 Å². The molecule has 19 heavy (non-hydrogen) atoms. The molecule has 1 rings (SSSR count). The summed E-state index contributed by atoms with van der Waals surface area (Å²) in [7, 11) is 0. The molecule has 6 nitrogen and oxygen atoms in total. The molecule has 0 fully saturated rings. The molecule has 0 saturated heterocycles. The lowest BCUT2D eigenvalue weighted by Crippen LogP contribution is -2.27. The van der Waals surface area contributed by atoms with Crippen molar-refractivity contribution in [2.75, 3.05) is 18.5 Å². The third-order valence-electron chi connectivity index (χ3n) is 1.99. The van der Waals surface area contributed by atoms with Crippen LogP contribution < -0.4 is 15.8 Å². The molecule has 1 amide bonds. The van der Waals surface area contributed by atoms with Crippen LogP contribution in [0.25, 0.3) is 0 Å². The van der Waals surface area contributed by atoms with Crippen molar-refractivity contribution in [3.8, 4) is 11.5 Å². The molecule has 0 aromatic heterocycles. The maximum absolute atomic E-state index is 11.5. The van der Waals surface area contributed by atoms with E-state index in [2.05, 4.69) is 5.32 Å². The van der Waals surface area contributed by atoms with Crippen molar-refractivity contribution >= 4 is 11.8 Å². The van der Waals surface area contributed by atoms with Gasteiger partial charge in [-0.05, 0) is 32.9 Å². The van der Waals surface area contributed by atoms with Crippen molar-refractivity contribution in [2.24, 2.45) is 5.73 Å². The first-order chi connectivity index (χ1) is 8.81. The second-order valence-corrected chi connectivity index (χ2v) is 4.94. The summed E-state index contributed by atoms with van der Waals surface area (Å²) in [5, 5.41) is 12.2. The first-order valence-electron chi connectivity index (χ1n) is 5.98. The highest BCUT2D eigenvalue weighted by Crippen LogP contribution is 2.28. The van der Waals surface area contributed by atoms with Crippen molar-refractivity contribution in [3.63, 3.8) is 0 Å². The minimum Gasteiger partial charge on any atom is -0.506 e. The predicted octanol–water partition coefficient (Wildman–Crippen LogP) is 2.08. The Labute approximate surface area is 112 Å². The molecular formula is C13H20N2O4. The van der Waals surface area contributed by atoms with Gasteiger partial charge in [0.25, 0.3) is 0 Å². The van der Waals surface area contributed by atoms with Gasteiger partial charge in [0, 0.05) is 12.6 Å². The van der Waals surface area contributed by atoms with Crippen LogP contribution in [0.4, 0.5) is 10.5 Å². The number of anilines is 1. The van der Waals surface area contributed by atoms with Gasteiger partial charge in [0.15, 0.2) is 0 Å². The average molecular weight is 268 g/mol. The zero-order valence-corrected chi connectivity index (χ0v) is 11.4. The zero-order valence-electron chi connectivity index (χ0n) is 11.4. The van der Waals surface area contributed by atoms with Gasteiger partial charge in [0.1, 0.15) is 23.7 Å². The van der Waals surface area contributed by atoms with Crippen LogP contribution in [0, 0.1) is 0 Å². The minimum atomic E-state index is -0.626. The standard InChI is InChI=1S/C13H20N2O4/c1-13(2,3)19-12(17)15-10-5-4-9(8-11(10)16)18-7-6-14/h4-5,8,16H,6-7,14H2,1-3H3,(H,15,17). The van der Waals surface area contributed by atoms with Gasteiger partial charge >= 0.3 is 6.09 Å². The molecule has 0 bridgehead atoms. The number of carbonyl (C=O) groups excluding carboxylic acids is 1. The number of carbonyl (C=O) groups is 1. The van der Waals surface area contributed by atoms with Crippen LogP contribution in [0.15, 0.2) is 18.2 Å². The summed E-state index contributed by atoms with van der Waals surface area (Å²) in [5.41, 5.74) is 4.97. The number of hydrogen-bond donors (Lipinski definition) is 3. The Morgan fingerprint density at radius 1 is 1.42 bits per heavy atom. The second-order valence-electron chi connectivity index (χ2n) is 4.94. The summed E-state index contributed by atoms with van der Waals surface area (Å²) in [4.78, 5) is 11.5. The maximum atomic E-state index is 11.5. The topological polar surface area (TPSA) is 93.8 Å². The molecule has 6 heteroatoms. The van der Waals surface area contributed by atoms with Gasteiger partial charge in [-0.25, -0.2) is 4.79 Å². The summed E-state index contributed by atoms with van der Waals surface area (Å²) in [6.45, 7) is 6.03. The Bertz CT molecular complexity index is 441. The second kappa shape index (κ2) is 6.29. The van der Waals surface area contributed by atoms with E-state index in [1.807, 2.05) is 0 Å². The van der Waals surface area contributed by atoms with Crippen LogP contribution in [-0.4, -0.2) is 30.0 Å². The molecule has 0 heterocycles. The van der Waals surface area contributed by atoms with Gasteiger partial charge in [0.05, 0.1) is 5.69 Å². The van der Waals surface area contributed by atoms with Gasteiger partial charge < -0.3 is 20.3 Å². The van der Waals surface area contributed by atoms with E-state index in [0.717, 1.165) is 0 Å². The Balaban J connectivity index is 2.67. The van der Waals surface area contributed by atoms with Gasteiger partial charge in [-0.15, -0.1) is 0 Å². The van der Waals surface area contributed by atoms with E-state index in [-0.39, 0.29) is 11.4 Å². The molecule has 0 aliphatic rings. The number of hydrogen-bond acceptors (Lipinski definition) is 5. The maximum Gasteiger partial charge on any atom is 0.412 e. The molecule has 4 N–H and O–H groups in total. The number of benzene rings is 1. The van der Waals surface area contributed by atoms with Gasteiger partial charge in [-0.1, -0.05) is 0 Å². The Morgan fingerprint density at radius 3 is 2.63 bits per heavy atom. The monoisotopic (exact) mass is 268 g/mol. The molecule has 1 aromatic rings. The average Bonchev–Trinajstić information content (AvgIpc) is 2.27. The fourth-order valence-electron chi connectivity index (χ4n) is 1.30. The lowest BCUT2D eigenvalue weighted by molar-refractivity contribution is 0.0635. The highest BCUT2D eigenvalue weighted by molar-refractivity contribution is 5.87. The smallest absolute Gasteiger partial charge is 0.412 e. The van der Waals surface area contributed by atoms with Crippen LogP contribution in [-0.2, 0) is 4.74 Å². The van der Waals surface area contributed by atoms with E-state index < -0.39 is 11.7 Å². The van der Waals surface area contributed by atoms with Crippen LogP contribution in [0.3, 0.4) is 0 Å². The number of phenols is 1. The Morgan fingerprint density at radius 2 is 2.11 bits per heavy atom. The summed E-state index contributed by atoms with van der Waals surface area (Å²) in [6.07, 6.45) is -0.626. The van der Waals surface area contributed by atoms with Crippen molar-refractivity contribution in [3.05, 3.63) is 18.2 Å². The zero-order chi connectivity index (χ0) is 14.5. The molecule has 0 saturated carbocycles. The highest BCUT2D eigenvalue weighted by Gasteiger charge is 2.17. The molecule has 0 unspecified atom stereocenters. The molecule has 0 atom stereocenters. The van der Waals surface area contributed by atoms with Gasteiger partial charge in [0.2, 0.25) is 0 Å². The fourth-order valence-corrected chi connectivity index (χ4v) is 1.30. The molecule has 0 spiro atoms. The van der Waals surface area contributed by atoms with Crippen molar-refractivity contribution in [1.29, 1.82) is 0 Å². The largest absolute Gasteiger partial charge is 0.506 e. The predicted molar refractivity (Wildman–Crippen MR) is 72.5 cm³/mol. The summed E-state index contributed by atoms with van der Waals surface area (Å²) in [6, 6.07) is 4.57. The third-order valence-corrected chi connectivity index (χ3v) is 1.99. The fraction of sp³-hybridized carbons (Fsp3) is 0.462. The summed E-state index contributed by atoms with van der Waals surface area (Å²) >= 11 is 0. The van der Waals surface area contributed by atoms with E-state index >= 15 is 0 Å².